The Morgan fingerprint density at radius 2 is 1.60 bits per heavy atom. The molecule has 0 unspecified atom stereocenters. The number of halogens is 2. The van der Waals surface area contributed by atoms with E-state index in [0.717, 1.165) is 15.4 Å². The molecule has 0 aromatic heterocycles. The minimum atomic E-state index is -4.22. The van der Waals surface area contributed by atoms with Gasteiger partial charge in [-0.3, -0.25) is 13.9 Å². The number of benzene rings is 3. The molecule has 0 aliphatic heterocycles. The molecule has 3 aromatic rings. The number of nitrogens with zero attached hydrogens (tertiary/aromatic N) is 2. The summed E-state index contributed by atoms with van der Waals surface area (Å²) in [5, 5.41) is 3.17. The average Bonchev–Trinajstić information content (AvgIpc) is 2.91. The fourth-order valence-corrected chi connectivity index (χ4v) is 5.52. The van der Waals surface area contributed by atoms with Gasteiger partial charge < -0.3 is 10.2 Å². The summed E-state index contributed by atoms with van der Waals surface area (Å²) in [7, 11) is -4.22. The molecule has 0 saturated carbocycles. The molecule has 3 rings (SSSR count). The number of sulfonamides is 1. The predicted octanol–water partition coefficient (Wildman–Crippen LogP) is 5.48. The van der Waals surface area contributed by atoms with Gasteiger partial charge in [-0.2, -0.15) is 0 Å². The lowest BCUT2D eigenvalue weighted by molar-refractivity contribution is -0.139. The molecule has 0 spiro atoms. The lowest BCUT2D eigenvalue weighted by Crippen LogP contribution is -2.51. The molecule has 0 aliphatic rings. The van der Waals surface area contributed by atoms with Crippen LogP contribution in [0.25, 0.3) is 0 Å². The van der Waals surface area contributed by atoms with Crippen LogP contribution in [0.3, 0.4) is 0 Å². The van der Waals surface area contributed by atoms with E-state index in [9.17, 15) is 22.4 Å². The minimum Gasteiger partial charge on any atom is -0.354 e. The summed E-state index contributed by atoms with van der Waals surface area (Å²) in [5.74, 6) is -1.44. The molecule has 1 N–H and O–H groups in total. The number of carbonyl (C=O) groups excluding carboxylic acids is 2. The molecular weight excluding hydrogens is 553 g/mol. The lowest BCUT2D eigenvalue weighted by Gasteiger charge is -2.32. The van der Waals surface area contributed by atoms with Gasteiger partial charge in [-0.1, -0.05) is 49.7 Å². The fraction of sp³-hybridized carbons (Fsp3) is 0.333. The smallest absolute Gasteiger partial charge is 0.264 e. The number of aryl methyl sites for hydroxylation is 2. The largest absolute Gasteiger partial charge is 0.354 e. The third-order valence-corrected chi connectivity index (χ3v) is 8.65. The van der Waals surface area contributed by atoms with Gasteiger partial charge in [0.1, 0.15) is 18.4 Å². The highest BCUT2D eigenvalue weighted by Gasteiger charge is 2.33. The highest BCUT2D eigenvalue weighted by Crippen LogP contribution is 2.27. The molecule has 0 saturated heterocycles. The summed E-state index contributed by atoms with van der Waals surface area (Å²) in [6.07, 6.45) is 0. The molecule has 10 heteroatoms. The van der Waals surface area contributed by atoms with Crippen LogP contribution in [0.1, 0.15) is 37.5 Å². The number of carbonyl (C=O) groups is 2. The maximum atomic E-state index is 14.6. The van der Waals surface area contributed by atoms with Crippen molar-refractivity contribution in [3.8, 4) is 0 Å². The van der Waals surface area contributed by atoms with Crippen LogP contribution < -0.4 is 9.62 Å². The van der Waals surface area contributed by atoms with Crippen LogP contribution in [0.5, 0.6) is 0 Å². The number of nitrogens with one attached hydrogen (secondary N) is 1. The number of rotatable bonds is 11. The summed E-state index contributed by atoms with van der Waals surface area (Å²) in [6.45, 7) is 8.74. The summed E-state index contributed by atoms with van der Waals surface area (Å²) < 4.78 is 43.4. The third-order valence-electron chi connectivity index (χ3n) is 6.61. The molecule has 0 aliphatic carbocycles. The maximum Gasteiger partial charge on any atom is 0.264 e. The maximum absolute atomic E-state index is 14.6. The van der Waals surface area contributed by atoms with Gasteiger partial charge in [0.2, 0.25) is 11.8 Å². The molecule has 40 heavy (non-hydrogen) atoms. The number of hydrogen-bond donors (Lipinski definition) is 1. The van der Waals surface area contributed by atoms with E-state index in [4.69, 9.17) is 11.6 Å². The molecule has 0 fully saturated rings. The SMILES string of the molecule is Cc1ccc(N(CC(=O)N(Cc2ccccc2F)[C@H](C)C(=O)NCC(C)C)S(=O)(=O)c2ccc(Cl)cc2)cc1C. The molecule has 3 aromatic carbocycles. The van der Waals surface area contributed by atoms with Gasteiger partial charge in [-0.05, 0) is 80.3 Å². The number of hydrogen-bond acceptors (Lipinski definition) is 4. The lowest BCUT2D eigenvalue weighted by atomic mass is 10.1. The highest BCUT2D eigenvalue weighted by molar-refractivity contribution is 7.92. The van der Waals surface area contributed by atoms with Crippen molar-refractivity contribution in [3.63, 3.8) is 0 Å². The summed E-state index contributed by atoms with van der Waals surface area (Å²) in [6, 6.07) is 15.7. The normalized spacial score (nSPS) is 12.2. The van der Waals surface area contributed by atoms with E-state index < -0.39 is 40.2 Å². The van der Waals surface area contributed by atoms with E-state index in [1.54, 1.807) is 31.2 Å². The van der Waals surface area contributed by atoms with E-state index in [0.29, 0.717) is 11.6 Å². The fourth-order valence-electron chi connectivity index (χ4n) is 3.99. The van der Waals surface area contributed by atoms with Crippen molar-refractivity contribution in [1.29, 1.82) is 0 Å². The third kappa shape index (κ3) is 7.61. The second-order valence-electron chi connectivity index (χ2n) is 10.2. The molecule has 214 valence electrons. The molecule has 0 bridgehead atoms. The van der Waals surface area contributed by atoms with Crippen LogP contribution in [-0.4, -0.2) is 44.3 Å². The van der Waals surface area contributed by atoms with Crippen molar-refractivity contribution in [3.05, 3.63) is 94.3 Å². The van der Waals surface area contributed by atoms with E-state index in [1.165, 1.54) is 47.4 Å². The van der Waals surface area contributed by atoms with Gasteiger partial charge in [0.25, 0.3) is 10.0 Å². The quantitative estimate of drug-likeness (QED) is 0.322. The molecular formula is C30H35ClFN3O4S. The Bertz CT molecular complexity index is 1460. The second kappa shape index (κ2) is 13.3. The second-order valence-corrected chi connectivity index (χ2v) is 12.5. The van der Waals surface area contributed by atoms with E-state index >= 15 is 0 Å². The van der Waals surface area contributed by atoms with Crippen molar-refractivity contribution in [2.24, 2.45) is 5.92 Å². The first-order chi connectivity index (χ1) is 18.8. The van der Waals surface area contributed by atoms with Crippen molar-refractivity contribution < 1.29 is 22.4 Å². The monoisotopic (exact) mass is 587 g/mol. The Kier molecular flexibility index (Phi) is 10.3. The van der Waals surface area contributed by atoms with Gasteiger partial charge in [-0.25, -0.2) is 12.8 Å². The predicted molar refractivity (Wildman–Crippen MR) is 156 cm³/mol. The van der Waals surface area contributed by atoms with Gasteiger partial charge in [0.15, 0.2) is 0 Å². The Balaban J connectivity index is 2.05. The zero-order chi connectivity index (χ0) is 29.6. The van der Waals surface area contributed by atoms with Crippen molar-refractivity contribution in [1.82, 2.24) is 10.2 Å². The van der Waals surface area contributed by atoms with Gasteiger partial charge in [-0.15, -0.1) is 0 Å². The van der Waals surface area contributed by atoms with Crippen LogP contribution >= 0.6 is 11.6 Å². The van der Waals surface area contributed by atoms with E-state index in [1.807, 2.05) is 27.7 Å². The van der Waals surface area contributed by atoms with E-state index in [2.05, 4.69) is 5.32 Å². The average molecular weight is 588 g/mol. The molecule has 0 heterocycles. The Labute approximate surface area is 241 Å². The Morgan fingerprint density at radius 1 is 0.950 bits per heavy atom. The molecule has 0 radical (unpaired) electrons. The Hall–Kier alpha value is -3.43. The first-order valence-electron chi connectivity index (χ1n) is 13.0. The number of anilines is 1. The van der Waals surface area contributed by atoms with E-state index in [-0.39, 0.29) is 28.6 Å². The van der Waals surface area contributed by atoms with Gasteiger partial charge >= 0.3 is 0 Å². The van der Waals surface area contributed by atoms with Crippen LogP contribution in [0.4, 0.5) is 10.1 Å². The molecule has 7 nitrogen and oxygen atoms in total. The van der Waals surface area contributed by atoms with Gasteiger partial charge in [0, 0.05) is 23.7 Å². The first kappa shape index (κ1) is 31.1. The van der Waals surface area contributed by atoms with Crippen molar-refractivity contribution in [2.45, 2.75) is 52.1 Å². The van der Waals surface area contributed by atoms with Crippen LogP contribution in [0.15, 0.2) is 71.6 Å². The van der Waals surface area contributed by atoms with Crippen LogP contribution in [-0.2, 0) is 26.2 Å². The molecule has 1 atom stereocenters. The Morgan fingerprint density at radius 3 is 2.20 bits per heavy atom. The minimum absolute atomic E-state index is 0.0497. The summed E-state index contributed by atoms with van der Waals surface area (Å²) in [4.78, 5) is 28.1. The standard InChI is InChI=1S/C30H35ClFN3O4S/c1-20(2)17-33-30(37)23(5)34(18-24-8-6-7-9-28(24)32)29(36)19-35(26-13-10-21(3)22(4)16-26)40(38,39)27-14-11-25(31)12-15-27/h6-16,20,23H,17-19H2,1-5H3,(H,33,37)/t23-/m1/s1. The number of amides is 2. The zero-order valence-corrected chi connectivity index (χ0v) is 24.9. The molecule has 2 amide bonds. The van der Waals surface area contributed by atoms with Crippen LogP contribution in [0, 0.1) is 25.6 Å². The van der Waals surface area contributed by atoms with Crippen molar-refractivity contribution >= 4 is 39.1 Å². The summed E-state index contributed by atoms with van der Waals surface area (Å²) >= 11 is 5.98. The van der Waals surface area contributed by atoms with Crippen LogP contribution in [0.2, 0.25) is 5.02 Å². The summed E-state index contributed by atoms with van der Waals surface area (Å²) in [5.41, 5.74) is 2.29. The van der Waals surface area contributed by atoms with Gasteiger partial charge in [0.05, 0.1) is 10.6 Å². The zero-order valence-electron chi connectivity index (χ0n) is 23.3. The first-order valence-corrected chi connectivity index (χ1v) is 14.8. The van der Waals surface area contributed by atoms with Crippen molar-refractivity contribution in [2.75, 3.05) is 17.4 Å². The highest BCUT2D eigenvalue weighted by atomic mass is 35.5. The topological polar surface area (TPSA) is 86.8 Å².